The first-order chi connectivity index (χ1) is 9.85. The van der Waals surface area contributed by atoms with Crippen molar-refractivity contribution in [3.05, 3.63) is 77.1 Å². The van der Waals surface area contributed by atoms with Gasteiger partial charge < -0.3 is 0 Å². The standard InChI is InChI=1S/C19H19N/c1-3-4-10-17(16-11-6-5-7-12-16)15-18-13-8-9-14-19(18)20-2/h5-9,11-15H,3-4,10H2,1H3/b17-15+. The molecule has 0 aromatic heterocycles. The summed E-state index contributed by atoms with van der Waals surface area (Å²) in [6.07, 6.45) is 5.56. The van der Waals surface area contributed by atoms with Crippen molar-refractivity contribution in [2.24, 2.45) is 0 Å². The number of unbranched alkanes of at least 4 members (excludes halogenated alkanes) is 1. The van der Waals surface area contributed by atoms with E-state index in [-0.39, 0.29) is 0 Å². The normalized spacial score (nSPS) is 11.1. The summed E-state index contributed by atoms with van der Waals surface area (Å²) in [6.45, 7) is 9.47. The van der Waals surface area contributed by atoms with Gasteiger partial charge in [-0.25, -0.2) is 4.85 Å². The maximum Gasteiger partial charge on any atom is 0.194 e. The molecule has 0 spiro atoms. The molecule has 0 aliphatic carbocycles. The lowest BCUT2D eigenvalue weighted by Crippen LogP contribution is -1.86. The van der Waals surface area contributed by atoms with Gasteiger partial charge in [-0.15, -0.1) is 0 Å². The zero-order valence-corrected chi connectivity index (χ0v) is 11.8. The Labute approximate surface area is 121 Å². The number of allylic oxidation sites excluding steroid dienone is 1. The van der Waals surface area contributed by atoms with Crippen molar-refractivity contribution in [1.82, 2.24) is 0 Å². The molecule has 2 aromatic rings. The maximum absolute atomic E-state index is 7.27. The van der Waals surface area contributed by atoms with Gasteiger partial charge in [-0.3, -0.25) is 0 Å². The molecule has 0 radical (unpaired) electrons. The summed E-state index contributed by atoms with van der Waals surface area (Å²) in [5.41, 5.74) is 4.29. The fourth-order valence-electron chi connectivity index (χ4n) is 2.22. The monoisotopic (exact) mass is 261 g/mol. The molecule has 0 bridgehead atoms. The van der Waals surface area contributed by atoms with E-state index in [9.17, 15) is 0 Å². The van der Waals surface area contributed by atoms with Crippen LogP contribution in [-0.2, 0) is 0 Å². The number of benzene rings is 2. The summed E-state index contributed by atoms with van der Waals surface area (Å²) in [7, 11) is 0. The number of hydrogen-bond donors (Lipinski definition) is 0. The predicted octanol–water partition coefficient (Wildman–Crippen LogP) is 5.97. The van der Waals surface area contributed by atoms with Crippen LogP contribution < -0.4 is 0 Å². The number of rotatable bonds is 5. The van der Waals surface area contributed by atoms with Gasteiger partial charge in [0, 0.05) is 0 Å². The predicted molar refractivity (Wildman–Crippen MR) is 86.5 cm³/mol. The highest BCUT2D eigenvalue weighted by Crippen LogP contribution is 2.28. The van der Waals surface area contributed by atoms with Gasteiger partial charge in [-0.1, -0.05) is 74.0 Å². The average Bonchev–Trinajstić information content (AvgIpc) is 2.52. The molecule has 20 heavy (non-hydrogen) atoms. The Morgan fingerprint density at radius 1 is 1.05 bits per heavy atom. The first-order valence-electron chi connectivity index (χ1n) is 7.07. The highest BCUT2D eigenvalue weighted by Gasteiger charge is 2.04. The van der Waals surface area contributed by atoms with E-state index < -0.39 is 0 Å². The summed E-state index contributed by atoms with van der Waals surface area (Å²) in [5.74, 6) is 0. The van der Waals surface area contributed by atoms with Gasteiger partial charge in [0.15, 0.2) is 5.69 Å². The van der Waals surface area contributed by atoms with Crippen LogP contribution in [0, 0.1) is 6.57 Å². The molecular weight excluding hydrogens is 242 g/mol. The summed E-state index contributed by atoms with van der Waals surface area (Å²) >= 11 is 0. The van der Waals surface area contributed by atoms with Crippen molar-refractivity contribution < 1.29 is 0 Å². The Bertz CT molecular complexity index is 618. The van der Waals surface area contributed by atoms with Gasteiger partial charge in [-0.2, -0.15) is 0 Å². The van der Waals surface area contributed by atoms with Crippen molar-refractivity contribution in [3.8, 4) is 0 Å². The topological polar surface area (TPSA) is 4.36 Å². The summed E-state index contributed by atoms with van der Waals surface area (Å²) in [6, 6.07) is 18.2. The second-order valence-electron chi connectivity index (χ2n) is 4.81. The quantitative estimate of drug-likeness (QED) is 0.461. The summed E-state index contributed by atoms with van der Waals surface area (Å²) in [4.78, 5) is 3.60. The van der Waals surface area contributed by atoms with Crippen LogP contribution in [0.2, 0.25) is 0 Å². The largest absolute Gasteiger partial charge is 0.238 e. The van der Waals surface area contributed by atoms with E-state index >= 15 is 0 Å². The molecule has 0 aliphatic rings. The Kier molecular flexibility index (Phi) is 5.15. The molecule has 0 amide bonds. The van der Waals surface area contributed by atoms with E-state index in [1.807, 2.05) is 30.3 Å². The van der Waals surface area contributed by atoms with Crippen LogP contribution in [0.1, 0.15) is 37.3 Å². The lowest BCUT2D eigenvalue weighted by Gasteiger charge is -2.08. The van der Waals surface area contributed by atoms with Crippen molar-refractivity contribution in [2.45, 2.75) is 26.2 Å². The number of para-hydroxylation sites is 1. The molecule has 0 heterocycles. The number of nitrogens with zero attached hydrogens (tertiary/aromatic N) is 1. The number of hydrogen-bond acceptors (Lipinski definition) is 0. The molecule has 0 aliphatic heterocycles. The second-order valence-corrected chi connectivity index (χ2v) is 4.81. The highest BCUT2D eigenvalue weighted by molar-refractivity contribution is 5.85. The first-order valence-corrected chi connectivity index (χ1v) is 7.07. The molecule has 100 valence electrons. The van der Waals surface area contributed by atoms with Crippen molar-refractivity contribution >= 4 is 17.3 Å². The molecular formula is C19H19N. The van der Waals surface area contributed by atoms with Crippen molar-refractivity contribution in [1.29, 1.82) is 0 Å². The van der Waals surface area contributed by atoms with Gasteiger partial charge >= 0.3 is 0 Å². The molecule has 0 unspecified atom stereocenters. The molecule has 0 fully saturated rings. The Morgan fingerprint density at radius 2 is 1.75 bits per heavy atom. The maximum atomic E-state index is 7.27. The van der Waals surface area contributed by atoms with Crippen LogP contribution in [-0.4, -0.2) is 0 Å². The van der Waals surface area contributed by atoms with Gasteiger partial charge in [0.25, 0.3) is 0 Å². The Balaban J connectivity index is 2.41. The van der Waals surface area contributed by atoms with Crippen LogP contribution in [0.15, 0.2) is 54.6 Å². The molecule has 0 N–H and O–H groups in total. The molecule has 0 saturated carbocycles. The fraction of sp³-hybridized carbons (Fsp3) is 0.211. The lowest BCUT2D eigenvalue weighted by atomic mass is 9.97. The smallest absolute Gasteiger partial charge is 0.194 e. The average molecular weight is 261 g/mol. The minimum atomic E-state index is 0.720. The van der Waals surface area contributed by atoms with Crippen molar-refractivity contribution in [2.75, 3.05) is 0 Å². The van der Waals surface area contributed by atoms with Gasteiger partial charge in [-0.05, 0) is 29.5 Å². The fourth-order valence-corrected chi connectivity index (χ4v) is 2.22. The Morgan fingerprint density at radius 3 is 2.45 bits per heavy atom. The van der Waals surface area contributed by atoms with Crippen molar-refractivity contribution in [3.63, 3.8) is 0 Å². The molecule has 2 aromatic carbocycles. The zero-order valence-electron chi connectivity index (χ0n) is 11.8. The third-order valence-corrected chi connectivity index (χ3v) is 3.33. The van der Waals surface area contributed by atoms with E-state index in [1.54, 1.807) is 0 Å². The second kappa shape index (κ2) is 7.31. The molecule has 0 atom stereocenters. The lowest BCUT2D eigenvalue weighted by molar-refractivity contribution is 0.825. The van der Waals surface area contributed by atoms with Crippen LogP contribution >= 0.6 is 0 Å². The van der Waals surface area contributed by atoms with E-state index in [2.05, 4.69) is 42.1 Å². The van der Waals surface area contributed by atoms with E-state index in [1.165, 1.54) is 24.0 Å². The zero-order chi connectivity index (χ0) is 14.2. The van der Waals surface area contributed by atoms with Crippen LogP contribution in [0.5, 0.6) is 0 Å². The minimum Gasteiger partial charge on any atom is -0.238 e. The molecule has 1 nitrogen and oxygen atoms in total. The molecule has 2 rings (SSSR count). The molecule has 1 heteroatoms. The van der Waals surface area contributed by atoms with Crippen LogP contribution in [0.4, 0.5) is 5.69 Å². The third kappa shape index (κ3) is 3.59. The van der Waals surface area contributed by atoms with E-state index in [4.69, 9.17) is 6.57 Å². The minimum absolute atomic E-state index is 0.720. The van der Waals surface area contributed by atoms with Gasteiger partial charge in [0.05, 0.1) is 6.57 Å². The summed E-state index contributed by atoms with van der Waals surface area (Å²) < 4.78 is 0. The van der Waals surface area contributed by atoms with E-state index in [0.29, 0.717) is 0 Å². The summed E-state index contributed by atoms with van der Waals surface area (Å²) in [5, 5.41) is 0. The SMILES string of the molecule is [C-]#[N+]c1ccccc1/C=C(\CCCC)c1ccccc1. The molecule has 0 saturated heterocycles. The Hall–Kier alpha value is -2.33. The van der Waals surface area contributed by atoms with Crippen LogP contribution in [0.25, 0.3) is 16.5 Å². The highest BCUT2D eigenvalue weighted by atomic mass is 14.6. The van der Waals surface area contributed by atoms with Gasteiger partial charge in [0.2, 0.25) is 0 Å². The van der Waals surface area contributed by atoms with E-state index in [0.717, 1.165) is 17.7 Å². The first kappa shape index (κ1) is 14.1. The van der Waals surface area contributed by atoms with Gasteiger partial charge in [0.1, 0.15) is 0 Å². The van der Waals surface area contributed by atoms with Crippen LogP contribution in [0.3, 0.4) is 0 Å². The third-order valence-electron chi connectivity index (χ3n) is 3.33.